The molecule has 0 radical (unpaired) electrons. The fraction of sp³-hybridized carbons (Fsp3) is 0.292. The number of benzene rings is 2. The van der Waals surface area contributed by atoms with Crippen molar-refractivity contribution in [3.8, 4) is 28.6 Å². The van der Waals surface area contributed by atoms with E-state index in [0.717, 1.165) is 0 Å². The molecule has 35 heavy (non-hydrogen) atoms. The number of aromatic nitrogens is 3. The molecule has 2 heterocycles. The first-order valence-corrected chi connectivity index (χ1v) is 12.9. The van der Waals surface area contributed by atoms with E-state index in [1.165, 1.54) is 23.8 Å². The lowest BCUT2D eigenvalue weighted by Crippen LogP contribution is -2.37. The summed E-state index contributed by atoms with van der Waals surface area (Å²) >= 11 is 4.82. The van der Waals surface area contributed by atoms with Crippen molar-refractivity contribution >= 4 is 45.3 Å². The average Bonchev–Trinajstić information content (AvgIpc) is 3.02. The molecule has 0 saturated heterocycles. The SMILES string of the molecule is CCC(=O)Oc1c(OC)cc(Br)cc1[C@H]1Oc2nc(SC)nnc2-c2ccccc2N1C(=O)CC. The number of hydrogen-bond acceptors (Lipinski definition) is 9. The fourth-order valence-corrected chi connectivity index (χ4v) is 4.41. The zero-order valence-electron chi connectivity index (χ0n) is 19.6. The van der Waals surface area contributed by atoms with Gasteiger partial charge in [0.15, 0.2) is 17.2 Å². The Morgan fingerprint density at radius 1 is 1.17 bits per heavy atom. The Morgan fingerprint density at radius 2 is 1.94 bits per heavy atom. The largest absolute Gasteiger partial charge is 0.493 e. The number of esters is 1. The Bertz CT molecular complexity index is 1290. The molecule has 1 aromatic heterocycles. The van der Waals surface area contributed by atoms with Gasteiger partial charge in [0.05, 0.1) is 18.4 Å². The van der Waals surface area contributed by atoms with E-state index < -0.39 is 12.2 Å². The molecule has 4 rings (SSSR count). The summed E-state index contributed by atoms with van der Waals surface area (Å²) in [6.45, 7) is 3.46. The Labute approximate surface area is 215 Å². The van der Waals surface area contributed by atoms with E-state index in [1.54, 1.807) is 26.0 Å². The standard InChI is InChI=1S/C24H23BrN4O5S/c1-5-18(30)29-16-10-8-7-9-14(16)20-22(26-24(35-4)28-27-20)34-23(29)15-11-13(25)12-17(32-3)21(15)33-19(31)6-2/h7-12,23H,5-6H2,1-4H3/t23-/m1/s1. The van der Waals surface area contributed by atoms with Crippen molar-refractivity contribution in [3.05, 3.63) is 46.4 Å². The van der Waals surface area contributed by atoms with E-state index in [0.29, 0.717) is 37.9 Å². The van der Waals surface area contributed by atoms with Crippen LogP contribution in [0, 0.1) is 0 Å². The number of hydrogen-bond donors (Lipinski definition) is 0. The van der Waals surface area contributed by atoms with Gasteiger partial charge < -0.3 is 14.2 Å². The second-order valence-corrected chi connectivity index (χ2v) is 9.10. The molecule has 0 aliphatic carbocycles. The third-order valence-electron chi connectivity index (χ3n) is 5.30. The summed E-state index contributed by atoms with van der Waals surface area (Å²) in [5.74, 6) is 0.0183. The van der Waals surface area contributed by atoms with E-state index in [2.05, 4.69) is 31.1 Å². The van der Waals surface area contributed by atoms with Gasteiger partial charge in [-0.2, -0.15) is 4.98 Å². The summed E-state index contributed by atoms with van der Waals surface area (Å²) in [6.07, 6.45) is 1.15. The second kappa shape index (κ2) is 10.6. The Morgan fingerprint density at radius 3 is 2.63 bits per heavy atom. The van der Waals surface area contributed by atoms with Gasteiger partial charge in [-0.05, 0) is 24.5 Å². The maximum absolute atomic E-state index is 13.4. The molecule has 1 aliphatic rings. The minimum absolute atomic E-state index is 0.154. The lowest BCUT2D eigenvalue weighted by atomic mass is 10.1. The molecule has 0 fully saturated rings. The van der Waals surface area contributed by atoms with Crippen molar-refractivity contribution in [2.24, 2.45) is 0 Å². The van der Waals surface area contributed by atoms with Crippen molar-refractivity contribution in [1.29, 1.82) is 0 Å². The summed E-state index contributed by atoms with van der Waals surface area (Å²) in [6, 6.07) is 10.7. The van der Waals surface area contributed by atoms with Crippen molar-refractivity contribution in [3.63, 3.8) is 0 Å². The number of methoxy groups -OCH3 is 1. The van der Waals surface area contributed by atoms with Crippen molar-refractivity contribution < 1.29 is 23.8 Å². The predicted molar refractivity (Wildman–Crippen MR) is 135 cm³/mol. The van der Waals surface area contributed by atoms with Crippen LogP contribution in [0.2, 0.25) is 0 Å². The number of thioether (sulfide) groups is 1. The number of carbonyl (C=O) groups is 2. The van der Waals surface area contributed by atoms with Crippen molar-refractivity contribution in [1.82, 2.24) is 15.2 Å². The molecule has 2 aromatic carbocycles. The van der Waals surface area contributed by atoms with Crippen LogP contribution in [0.3, 0.4) is 0 Å². The molecule has 1 amide bonds. The number of amides is 1. The third kappa shape index (κ3) is 4.83. The number of anilines is 1. The van der Waals surface area contributed by atoms with Crippen molar-refractivity contribution in [2.45, 2.75) is 38.1 Å². The average molecular weight is 559 g/mol. The molecule has 0 unspecified atom stereocenters. The lowest BCUT2D eigenvalue weighted by molar-refractivity contribution is -0.134. The molecule has 1 atom stereocenters. The Balaban J connectivity index is 2.03. The van der Waals surface area contributed by atoms with Crippen LogP contribution < -0.4 is 19.1 Å². The number of ether oxygens (including phenoxy) is 3. The van der Waals surface area contributed by atoms with Crippen LogP contribution in [0.25, 0.3) is 11.3 Å². The molecule has 9 nitrogen and oxygen atoms in total. The number of halogens is 1. The Hall–Kier alpha value is -3.18. The fourth-order valence-electron chi connectivity index (χ4n) is 3.66. The van der Waals surface area contributed by atoms with Crippen LogP contribution in [0.5, 0.6) is 17.4 Å². The van der Waals surface area contributed by atoms with E-state index in [1.807, 2.05) is 30.5 Å². The molecule has 0 spiro atoms. The monoisotopic (exact) mass is 558 g/mol. The summed E-state index contributed by atoms with van der Waals surface area (Å²) in [4.78, 5) is 31.8. The zero-order valence-corrected chi connectivity index (χ0v) is 22.0. The van der Waals surface area contributed by atoms with Gasteiger partial charge in [-0.1, -0.05) is 59.7 Å². The molecule has 1 aliphatic heterocycles. The highest BCUT2D eigenvalue weighted by molar-refractivity contribution is 9.10. The molecule has 0 bridgehead atoms. The predicted octanol–water partition coefficient (Wildman–Crippen LogP) is 5.18. The quantitative estimate of drug-likeness (QED) is 0.230. The number of para-hydroxylation sites is 1. The number of nitrogens with zero attached hydrogens (tertiary/aromatic N) is 4. The number of fused-ring (bicyclic) bond motifs is 3. The third-order valence-corrected chi connectivity index (χ3v) is 6.30. The molecule has 182 valence electrons. The summed E-state index contributed by atoms with van der Waals surface area (Å²) in [5, 5.41) is 8.95. The highest BCUT2D eigenvalue weighted by Crippen LogP contribution is 2.47. The van der Waals surface area contributed by atoms with Crippen LogP contribution in [0.1, 0.15) is 38.5 Å². The van der Waals surface area contributed by atoms with Gasteiger partial charge in [0.1, 0.15) is 0 Å². The van der Waals surface area contributed by atoms with E-state index in [4.69, 9.17) is 14.2 Å². The summed E-state index contributed by atoms with van der Waals surface area (Å²) in [5.41, 5.74) is 2.03. The van der Waals surface area contributed by atoms with E-state index >= 15 is 0 Å². The van der Waals surface area contributed by atoms with Gasteiger partial charge in [0.2, 0.25) is 23.2 Å². The maximum atomic E-state index is 13.4. The topological polar surface area (TPSA) is 104 Å². The first-order chi connectivity index (χ1) is 16.9. The van der Waals surface area contributed by atoms with Crippen LogP contribution in [0.4, 0.5) is 5.69 Å². The smallest absolute Gasteiger partial charge is 0.311 e. The van der Waals surface area contributed by atoms with Gasteiger partial charge in [0, 0.05) is 22.9 Å². The lowest BCUT2D eigenvalue weighted by Gasteiger charge is -2.31. The van der Waals surface area contributed by atoms with Gasteiger partial charge >= 0.3 is 5.97 Å². The molecule has 3 aromatic rings. The first kappa shape index (κ1) is 24.9. The minimum atomic E-state index is -1.04. The van der Waals surface area contributed by atoms with E-state index in [-0.39, 0.29) is 30.4 Å². The first-order valence-electron chi connectivity index (χ1n) is 10.9. The minimum Gasteiger partial charge on any atom is -0.493 e. The summed E-state index contributed by atoms with van der Waals surface area (Å²) < 4.78 is 18.3. The second-order valence-electron chi connectivity index (χ2n) is 7.41. The van der Waals surface area contributed by atoms with Crippen molar-refractivity contribution in [2.75, 3.05) is 18.3 Å². The maximum Gasteiger partial charge on any atom is 0.311 e. The molecular weight excluding hydrogens is 536 g/mol. The number of carbonyl (C=O) groups excluding carboxylic acids is 2. The van der Waals surface area contributed by atoms with Crippen LogP contribution in [-0.2, 0) is 9.59 Å². The molecular formula is C24H23BrN4O5S. The van der Waals surface area contributed by atoms with Gasteiger partial charge in [-0.15, -0.1) is 10.2 Å². The van der Waals surface area contributed by atoms with Gasteiger partial charge in [-0.3, -0.25) is 14.5 Å². The molecule has 0 saturated carbocycles. The summed E-state index contributed by atoms with van der Waals surface area (Å²) in [7, 11) is 1.48. The van der Waals surface area contributed by atoms with Gasteiger partial charge in [-0.25, -0.2) is 0 Å². The van der Waals surface area contributed by atoms with Crippen LogP contribution in [-0.4, -0.2) is 40.4 Å². The van der Waals surface area contributed by atoms with Crippen LogP contribution in [0.15, 0.2) is 46.0 Å². The zero-order chi connectivity index (χ0) is 25.1. The molecule has 0 N–H and O–H groups in total. The van der Waals surface area contributed by atoms with Gasteiger partial charge in [0.25, 0.3) is 0 Å². The highest BCUT2D eigenvalue weighted by Gasteiger charge is 2.38. The van der Waals surface area contributed by atoms with Crippen LogP contribution >= 0.6 is 27.7 Å². The Kier molecular flexibility index (Phi) is 7.56. The van der Waals surface area contributed by atoms with E-state index in [9.17, 15) is 9.59 Å². The highest BCUT2D eigenvalue weighted by atomic mass is 79.9. The normalized spacial score (nSPS) is 14.3. The number of rotatable bonds is 6. The molecule has 11 heteroatoms.